The first-order valence-corrected chi connectivity index (χ1v) is 19.3. The van der Waals surface area contributed by atoms with Crippen LogP contribution in [0.1, 0.15) is 0 Å². The van der Waals surface area contributed by atoms with E-state index in [1.54, 1.807) is 0 Å². The fourth-order valence-electron chi connectivity index (χ4n) is 8.24. The number of anilines is 3. The van der Waals surface area contributed by atoms with E-state index in [9.17, 15) is 0 Å². The van der Waals surface area contributed by atoms with E-state index in [-0.39, 0.29) is 0 Å². The molecule has 0 saturated carbocycles. The van der Waals surface area contributed by atoms with Crippen molar-refractivity contribution in [2.75, 3.05) is 4.90 Å². The molecule has 57 heavy (non-hydrogen) atoms. The lowest BCUT2D eigenvalue weighted by atomic mass is 9.91. The summed E-state index contributed by atoms with van der Waals surface area (Å²) in [4.78, 5) is 2.31. The van der Waals surface area contributed by atoms with Crippen molar-refractivity contribution in [3.05, 3.63) is 212 Å². The smallest absolute Gasteiger partial charge is 0.136 e. The zero-order valence-corrected chi connectivity index (χ0v) is 31.0. The monoisotopic (exact) mass is 729 g/mol. The van der Waals surface area contributed by atoms with E-state index in [0.717, 1.165) is 105 Å². The highest BCUT2D eigenvalue weighted by Gasteiger charge is 2.16. The van der Waals surface area contributed by atoms with Crippen LogP contribution in [-0.4, -0.2) is 0 Å². The Labute approximate surface area is 330 Å². The summed E-state index contributed by atoms with van der Waals surface area (Å²) in [5.41, 5.74) is 15.9. The molecule has 11 rings (SSSR count). The predicted octanol–water partition coefficient (Wildman–Crippen LogP) is 15.6. The molecule has 9 aromatic carbocycles. The molecule has 0 atom stereocenters. The van der Waals surface area contributed by atoms with Crippen LogP contribution in [0.15, 0.2) is 221 Å². The lowest BCUT2D eigenvalue weighted by Gasteiger charge is -2.26. The first kappa shape index (κ1) is 32.8. The van der Waals surface area contributed by atoms with E-state index in [4.69, 9.17) is 8.83 Å². The average Bonchev–Trinajstić information content (AvgIpc) is 3.85. The lowest BCUT2D eigenvalue weighted by Crippen LogP contribution is -2.09. The van der Waals surface area contributed by atoms with Gasteiger partial charge in [0, 0.05) is 38.6 Å². The van der Waals surface area contributed by atoms with Gasteiger partial charge >= 0.3 is 0 Å². The number of hydrogen-bond acceptors (Lipinski definition) is 3. The number of para-hydroxylation sites is 4. The van der Waals surface area contributed by atoms with Gasteiger partial charge in [-0.2, -0.15) is 0 Å². The minimum absolute atomic E-state index is 0.881. The molecule has 3 heteroatoms. The van der Waals surface area contributed by atoms with E-state index >= 15 is 0 Å². The zero-order chi connectivity index (χ0) is 37.7. The second-order valence-electron chi connectivity index (χ2n) is 14.6. The first-order valence-electron chi connectivity index (χ1n) is 19.3. The minimum Gasteiger partial charge on any atom is -0.456 e. The standard InChI is InChI=1S/C54H35NO2/c1-3-16-44(17-4-1)55(45-18-5-2-6-19-45)46-20-12-15-38(33-46)36-13-11-14-37(29-36)41-30-42(39-25-27-49-47-21-7-9-23-51(47)56-53(49)34-39)32-43(31-41)40-26-28-50-48-22-8-10-24-52(48)57-54(50)35-40/h1-35H. The summed E-state index contributed by atoms with van der Waals surface area (Å²) in [6, 6.07) is 75.3. The van der Waals surface area contributed by atoms with Gasteiger partial charge in [0.05, 0.1) is 0 Å². The Kier molecular flexibility index (Phi) is 7.82. The van der Waals surface area contributed by atoms with Crippen molar-refractivity contribution in [2.24, 2.45) is 0 Å². The third-order valence-corrected chi connectivity index (χ3v) is 11.0. The van der Waals surface area contributed by atoms with Crippen molar-refractivity contribution in [1.29, 1.82) is 0 Å². The Morgan fingerprint density at radius 1 is 0.228 bits per heavy atom. The number of fused-ring (bicyclic) bond motifs is 6. The fraction of sp³-hybridized carbons (Fsp3) is 0. The lowest BCUT2D eigenvalue weighted by molar-refractivity contribution is 0.668. The van der Waals surface area contributed by atoms with Crippen LogP contribution in [0.2, 0.25) is 0 Å². The Bertz CT molecular complexity index is 3080. The Morgan fingerprint density at radius 2 is 0.596 bits per heavy atom. The van der Waals surface area contributed by atoms with Crippen molar-refractivity contribution < 1.29 is 8.83 Å². The first-order chi connectivity index (χ1) is 28.2. The van der Waals surface area contributed by atoms with Crippen LogP contribution in [0.3, 0.4) is 0 Å². The van der Waals surface area contributed by atoms with E-state index in [0.29, 0.717) is 0 Å². The molecule has 3 nitrogen and oxygen atoms in total. The Balaban J connectivity index is 1.04. The van der Waals surface area contributed by atoms with Crippen molar-refractivity contribution in [1.82, 2.24) is 0 Å². The largest absolute Gasteiger partial charge is 0.456 e. The van der Waals surface area contributed by atoms with E-state index in [2.05, 4.69) is 193 Å². The quantitative estimate of drug-likeness (QED) is 0.164. The van der Waals surface area contributed by atoms with E-state index in [1.807, 2.05) is 24.3 Å². The van der Waals surface area contributed by atoms with Gasteiger partial charge < -0.3 is 13.7 Å². The highest BCUT2D eigenvalue weighted by molar-refractivity contribution is 6.07. The van der Waals surface area contributed by atoms with E-state index < -0.39 is 0 Å². The highest BCUT2D eigenvalue weighted by Crippen LogP contribution is 2.40. The van der Waals surface area contributed by atoms with Crippen LogP contribution in [0.4, 0.5) is 17.1 Å². The second-order valence-corrected chi connectivity index (χ2v) is 14.6. The maximum absolute atomic E-state index is 6.35. The molecule has 2 heterocycles. The van der Waals surface area contributed by atoms with Crippen molar-refractivity contribution >= 4 is 60.9 Å². The van der Waals surface area contributed by atoms with E-state index in [1.165, 1.54) is 0 Å². The summed E-state index contributed by atoms with van der Waals surface area (Å²) >= 11 is 0. The molecule has 11 aromatic rings. The second kappa shape index (κ2) is 13.6. The van der Waals surface area contributed by atoms with Gasteiger partial charge in [-0.15, -0.1) is 0 Å². The van der Waals surface area contributed by atoms with Gasteiger partial charge in [0.15, 0.2) is 0 Å². The minimum atomic E-state index is 0.881. The molecule has 0 aliphatic rings. The molecule has 268 valence electrons. The fourth-order valence-corrected chi connectivity index (χ4v) is 8.24. The van der Waals surface area contributed by atoms with Crippen molar-refractivity contribution in [3.63, 3.8) is 0 Å². The van der Waals surface area contributed by atoms with Gasteiger partial charge in [-0.1, -0.05) is 115 Å². The summed E-state index contributed by atoms with van der Waals surface area (Å²) in [5.74, 6) is 0. The molecule has 0 fully saturated rings. The maximum atomic E-state index is 6.35. The Hall–Kier alpha value is -7.62. The van der Waals surface area contributed by atoms with Gasteiger partial charge in [-0.05, 0) is 142 Å². The van der Waals surface area contributed by atoms with Gasteiger partial charge in [0.25, 0.3) is 0 Å². The van der Waals surface area contributed by atoms with Crippen LogP contribution >= 0.6 is 0 Å². The van der Waals surface area contributed by atoms with Crippen molar-refractivity contribution in [3.8, 4) is 44.5 Å². The number of rotatable bonds is 7. The normalized spacial score (nSPS) is 11.5. The zero-order valence-electron chi connectivity index (χ0n) is 31.0. The van der Waals surface area contributed by atoms with Gasteiger partial charge in [-0.25, -0.2) is 0 Å². The molecule has 0 saturated heterocycles. The topological polar surface area (TPSA) is 29.5 Å². The maximum Gasteiger partial charge on any atom is 0.136 e. The van der Waals surface area contributed by atoms with Crippen LogP contribution in [0.5, 0.6) is 0 Å². The van der Waals surface area contributed by atoms with Crippen molar-refractivity contribution in [2.45, 2.75) is 0 Å². The van der Waals surface area contributed by atoms with Gasteiger partial charge in [0.1, 0.15) is 22.3 Å². The molecule has 0 amide bonds. The molecule has 2 aromatic heterocycles. The van der Waals surface area contributed by atoms with Gasteiger partial charge in [0.2, 0.25) is 0 Å². The number of hydrogen-bond donors (Lipinski definition) is 0. The molecule has 0 unspecified atom stereocenters. The highest BCUT2D eigenvalue weighted by atomic mass is 16.3. The molecule has 0 spiro atoms. The molecule has 0 bridgehead atoms. The summed E-state index contributed by atoms with van der Waals surface area (Å²) in [7, 11) is 0. The molecular weight excluding hydrogens is 695 g/mol. The van der Waals surface area contributed by atoms with Crippen LogP contribution in [0, 0.1) is 0 Å². The summed E-state index contributed by atoms with van der Waals surface area (Å²) < 4.78 is 12.7. The van der Waals surface area contributed by atoms with Crippen LogP contribution < -0.4 is 4.90 Å². The summed E-state index contributed by atoms with van der Waals surface area (Å²) in [5, 5.41) is 4.50. The average molecular weight is 730 g/mol. The Morgan fingerprint density at radius 3 is 1.12 bits per heavy atom. The molecule has 0 N–H and O–H groups in total. The SMILES string of the molecule is c1ccc(N(c2ccccc2)c2cccc(-c3cccc(-c4cc(-c5ccc6c(c5)oc5ccccc56)cc(-c5ccc6c(c5)oc5ccccc56)c4)c3)c2)cc1. The number of nitrogens with zero attached hydrogens (tertiary/aromatic N) is 1. The van der Waals surface area contributed by atoms with Crippen LogP contribution in [-0.2, 0) is 0 Å². The van der Waals surface area contributed by atoms with Gasteiger partial charge in [-0.3, -0.25) is 0 Å². The molecule has 0 aliphatic carbocycles. The third-order valence-electron chi connectivity index (χ3n) is 11.0. The molecule has 0 radical (unpaired) electrons. The summed E-state index contributed by atoms with van der Waals surface area (Å²) in [6.07, 6.45) is 0. The molecular formula is C54H35NO2. The number of benzene rings is 9. The summed E-state index contributed by atoms with van der Waals surface area (Å²) in [6.45, 7) is 0. The predicted molar refractivity (Wildman–Crippen MR) is 237 cm³/mol. The number of furan rings is 2. The molecule has 0 aliphatic heterocycles. The van der Waals surface area contributed by atoms with Crippen LogP contribution in [0.25, 0.3) is 88.4 Å². The third kappa shape index (κ3) is 5.94.